The maximum absolute atomic E-state index is 5.76. The third-order valence-corrected chi connectivity index (χ3v) is 21.3. The van der Waals surface area contributed by atoms with Crippen molar-refractivity contribution in [3.63, 3.8) is 0 Å². The van der Waals surface area contributed by atoms with Crippen LogP contribution in [-0.2, 0) is 22.1 Å². The molecule has 0 aliphatic carbocycles. The van der Waals surface area contributed by atoms with Crippen LogP contribution in [-0.4, -0.2) is 77.8 Å². The van der Waals surface area contributed by atoms with Crippen molar-refractivity contribution in [1.82, 2.24) is 4.57 Å². The van der Waals surface area contributed by atoms with E-state index in [-0.39, 0.29) is 0 Å². The molecule has 0 aromatic rings. The molecule has 9 heteroatoms. The summed E-state index contributed by atoms with van der Waals surface area (Å²) in [6.45, 7) is 6.78. The highest BCUT2D eigenvalue weighted by Gasteiger charge is 2.54. The van der Waals surface area contributed by atoms with E-state index in [1.807, 2.05) is 0 Å². The van der Waals surface area contributed by atoms with Crippen LogP contribution in [0.1, 0.15) is 19.3 Å². The lowest BCUT2D eigenvalue weighted by Gasteiger charge is -2.37. The molecule has 0 unspecified atom stereocenters. The quantitative estimate of drug-likeness (QED) is 0.404. The second-order valence-electron chi connectivity index (χ2n) is 6.72. The van der Waals surface area contributed by atoms with Gasteiger partial charge in [-0.25, -0.2) is 0 Å². The summed E-state index contributed by atoms with van der Waals surface area (Å²) in [7, 11) is 2.46. The molecular weight excluding hydrogens is 346 g/mol. The highest BCUT2D eigenvalue weighted by molar-refractivity contribution is 7.34. The Bertz CT molecular complexity index is 343. The summed E-state index contributed by atoms with van der Waals surface area (Å²) in [5, 5.41) is 0. The van der Waals surface area contributed by atoms with Gasteiger partial charge in [-0.3, -0.25) is 4.57 Å². The highest BCUT2D eigenvalue weighted by Crippen LogP contribution is 2.29. The van der Waals surface area contributed by atoms with Crippen LogP contribution in [0.5, 0.6) is 0 Å². The van der Waals surface area contributed by atoms with Crippen molar-refractivity contribution in [2.24, 2.45) is 0 Å². The molecule has 1 saturated heterocycles. The Labute approximate surface area is 144 Å². The van der Waals surface area contributed by atoms with Crippen molar-refractivity contribution < 1.29 is 22.1 Å². The van der Waals surface area contributed by atoms with Gasteiger partial charge in [-0.15, -0.1) is 0 Å². The van der Waals surface area contributed by atoms with Crippen molar-refractivity contribution in [3.05, 3.63) is 0 Å². The van der Waals surface area contributed by atoms with Crippen molar-refractivity contribution in [2.45, 2.75) is 44.4 Å². The lowest BCUT2D eigenvalue weighted by molar-refractivity contribution is 0.145. The fourth-order valence-electron chi connectivity index (χ4n) is 3.75. The molecule has 1 heterocycles. The first-order valence-corrected chi connectivity index (χ1v) is 16.3. The first-order valence-electron chi connectivity index (χ1n) is 8.38. The number of unbranched alkanes of at least 4 members (excludes halogenated alkanes) is 1. The topological polar surface area (TPSA) is 49.4 Å². The molecule has 0 aromatic heterocycles. The van der Waals surface area contributed by atoms with Gasteiger partial charge < -0.3 is 22.1 Å². The summed E-state index contributed by atoms with van der Waals surface area (Å²) in [5.74, 6) is 0. The van der Waals surface area contributed by atoms with Gasteiger partial charge in [0.15, 0.2) is 0 Å². The van der Waals surface area contributed by atoms with E-state index in [2.05, 4.69) is 17.7 Å². The van der Waals surface area contributed by atoms with Crippen LogP contribution in [0.4, 0.5) is 0 Å². The molecule has 138 valence electrons. The largest absolute Gasteiger partial charge is 0.468 e. The van der Waals surface area contributed by atoms with Gasteiger partial charge in [0.05, 0.1) is 0 Å². The zero-order valence-electron chi connectivity index (χ0n) is 15.9. The monoisotopic (exact) mass is 381 g/mol. The Morgan fingerprint density at radius 2 is 1.48 bits per heavy atom. The van der Waals surface area contributed by atoms with Crippen LogP contribution in [0.15, 0.2) is 0 Å². The fraction of sp³-hybridized carbons (Fsp3) is 1.00. The van der Waals surface area contributed by atoms with E-state index in [0.29, 0.717) is 0 Å². The normalized spacial score (nSPS) is 19.4. The Balaban J connectivity index is 2.50. The molecule has 0 spiro atoms. The van der Waals surface area contributed by atoms with Crippen LogP contribution in [0.2, 0.25) is 25.2 Å². The molecule has 23 heavy (non-hydrogen) atoms. The van der Waals surface area contributed by atoms with Gasteiger partial charge in [-0.1, -0.05) is 25.6 Å². The van der Waals surface area contributed by atoms with Crippen LogP contribution in [0, 0.1) is 0 Å². The Morgan fingerprint density at radius 3 is 1.96 bits per heavy atom. The number of hydrogen-bond acceptors (Lipinski definition) is 6. The van der Waals surface area contributed by atoms with Crippen LogP contribution in [0.3, 0.4) is 0 Å². The number of rotatable bonds is 11. The standard InChI is InChI=1S/C14H35NO5Si3/c1-16-22(17-2)14-10-12-15(22)11-8-9-13-21(6,7)23(18-3,19-4)20-5/h8-14H2,1-7H3. The summed E-state index contributed by atoms with van der Waals surface area (Å²) in [4.78, 5) is 0. The second-order valence-corrected chi connectivity index (χ2v) is 22.6. The molecule has 0 aromatic carbocycles. The molecule has 1 fully saturated rings. The molecule has 0 saturated carbocycles. The van der Waals surface area contributed by atoms with Crippen molar-refractivity contribution in [3.8, 4) is 0 Å². The van der Waals surface area contributed by atoms with Gasteiger partial charge in [0.2, 0.25) is 0 Å². The molecule has 0 radical (unpaired) electrons. The van der Waals surface area contributed by atoms with Gasteiger partial charge in [-0.2, -0.15) is 0 Å². The molecule has 0 atom stereocenters. The van der Waals surface area contributed by atoms with E-state index in [9.17, 15) is 0 Å². The van der Waals surface area contributed by atoms with Gasteiger partial charge in [0.25, 0.3) is 0 Å². The van der Waals surface area contributed by atoms with Crippen LogP contribution < -0.4 is 0 Å². The van der Waals surface area contributed by atoms with Crippen LogP contribution in [0.25, 0.3) is 0 Å². The second kappa shape index (κ2) is 9.20. The van der Waals surface area contributed by atoms with E-state index < -0.39 is 24.6 Å². The maximum Gasteiger partial charge on any atom is 0.468 e. The SMILES string of the molecule is CO[Si]1(OC)CCCN1CCCC[Si](C)(C)[Si](OC)(OC)OC. The summed E-state index contributed by atoms with van der Waals surface area (Å²) in [6, 6.07) is 2.23. The minimum Gasteiger partial charge on any atom is -0.386 e. The molecule has 6 nitrogen and oxygen atoms in total. The molecule has 0 bridgehead atoms. The molecule has 0 N–H and O–H groups in total. The van der Waals surface area contributed by atoms with E-state index >= 15 is 0 Å². The van der Waals surface area contributed by atoms with Gasteiger partial charge >= 0.3 is 17.0 Å². The summed E-state index contributed by atoms with van der Waals surface area (Å²) in [6.07, 6.45) is 3.50. The number of hydrogen-bond donors (Lipinski definition) is 0. The van der Waals surface area contributed by atoms with Gasteiger partial charge in [0.1, 0.15) is 7.59 Å². The van der Waals surface area contributed by atoms with E-state index in [4.69, 9.17) is 22.1 Å². The zero-order chi connectivity index (χ0) is 17.6. The van der Waals surface area contributed by atoms with Crippen molar-refractivity contribution in [2.75, 3.05) is 48.6 Å². The minimum atomic E-state index is -2.48. The Morgan fingerprint density at radius 1 is 0.913 bits per heavy atom. The third kappa shape index (κ3) is 4.53. The predicted molar refractivity (Wildman–Crippen MR) is 99.1 cm³/mol. The maximum atomic E-state index is 5.76. The average Bonchev–Trinajstić information content (AvgIpc) is 2.97. The lowest BCUT2D eigenvalue weighted by atomic mass is 10.3. The van der Waals surface area contributed by atoms with Crippen LogP contribution >= 0.6 is 0 Å². The smallest absolute Gasteiger partial charge is 0.386 e. The fourth-order valence-corrected chi connectivity index (χ4v) is 16.8. The zero-order valence-corrected chi connectivity index (χ0v) is 18.9. The number of nitrogens with zero attached hydrogens (tertiary/aromatic N) is 1. The molecule has 1 rings (SSSR count). The molecule has 1 aliphatic rings. The summed E-state index contributed by atoms with van der Waals surface area (Å²) < 4.78 is 31.1. The molecular formula is C14H35NO5Si3. The molecule has 0 amide bonds. The molecule has 1 aliphatic heterocycles. The summed E-state index contributed by atoms with van der Waals surface area (Å²) >= 11 is 0. The lowest BCUT2D eigenvalue weighted by Crippen LogP contribution is -2.64. The third-order valence-electron chi connectivity index (χ3n) is 5.16. The predicted octanol–water partition coefficient (Wildman–Crippen LogP) is 2.37. The van der Waals surface area contributed by atoms with Gasteiger partial charge in [0, 0.05) is 41.6 Å². The van der Waals surface area contributed by atoms with E-state index in [1.54, 1.807) is 35.5 Å². The average molecular weight is 382 g/mol. The van der Waals surface area contributed by atoms with Gasteiger partial charge in [-0.05, 0) is 25.9 Å². The minimum absolute atomic E-state index is 1.06. The Kier molecular flexibility index (Phi) is 8.58. The summed E-state index contributed by atoms with van der Waals surface area (Å²) in [5.41, 5.74) is 0. The van der Waals surface area contributed by atoms with E-state index in [1.165, 1.54) is 12.8 Å². The van der Waals surface area contributed by atoms with E-state index in [0.717, 1.165) is 31.6 Å². The highest BCUT2D eigenvalue weighted by atomic mass is 29.3. The first kappa shape index (κ1) is 21.5. The van der Waals surface area contributed by atoms with Crippen molar-refractivity contribution >= 4 is 24.6 Å². The Hall–Kier alpha value is 0.411. The van der Waals surface area contributed by atoms with Crippen molar-refractivity contribution in [1.29, 1.82) is 0 Å². The first-order chi connectivity index (χ1) is 10.9.